The van der Waals surface area contributed by atoms with E-state index in [0.29, 0.717) is 35.1 Å². The van der Waals surface area contributed by atoms with E-state index in [1.54, 1.807) is 25.1 Å². The van der Waals surface area contributed by atoms with E-state index in [0.717, 1.165) is 4.31 Å². The Kier molecular flexibility index (Phi) is 12.6. The Morgan fingerprint density at radius 2 is 1.53 bits per heavy atom. The lowest BCUT2D eigenvalue weighted by Crippen LogP contribution is -2.51. The summed E-state index contributed by atoms with van der Waals surface area (Å²) in [5.74, 6) is -0.132. The van der Waals surface area contributed by atoms with Gasteiger partial charge in [0, 0.05) is 35.3 Å². The minimum absolute atomic E-state index is 0.0348. The molecule has 45 heavy (non-hydrogen) atoms. The van der Waals surface area contributed by atoms with Gasteiger partial charge in [-0.15, -0.1) is 0 Å². The Balaban J connectivity index is 2.18. The maximum absolute atomic E-state index is 14.4. The molecule has 0 fully saturated rings. The molecule has 0 radical (unpaired) electrons. The van der Waals surface area contributed by atoms with Crippen LogP contribution in [-0.2, 0) is 26.2 Å². The molecule has 0 heterocycles. The van der Waals surface area contributed by atoms with E-state index in [1.165, 1.54) is 69.7 Å². The van der Waals surface area contributed by atoms with Gasteiger partial charge in [0.1, 0.15) is 24.1 Å². The first-order valence-corrected chi connectivity index (χ1v) is 16.1. The number of amides is 2. The lowest BCUT2D eigenvalue weighted by Gasteiger charge is -2.32. The molecular formula is C31H37Cl2N3O8S. The van der Waals surface area contributed by atoms with Crippen LogP contribution in [0.15, 0.2) is 59.5 Å². The van der Waals surface area contributed by atoms with Crippen molar-refractivity contribution < 1.29 is 37.0 Å². The molecule has 0 aliphatic carbocycles. The van der Waals surface area contributed by atoms with Gasteiger partial charge >= 0.3 is 0 Å². The smallest absolute Gasteiger partial charge is 0.265 e. The number of hydrogen-bond donors (Lipinski definition) is 1. The molecule has 0 spiro atoms. The van der Waals surface area contributed by atoms with Crippen molar-refractivity contribution in [2.75, 3.05) is 45.8 Å². The molecule has 244 valence electrons. The lowest BCUT2D eigenvalue weighted by molar-refractivity contribution is -0.139. The maximum atomic E-state index is 14.4. The van der Waals surface area contributed by atoms with Gasteiger partial charge in [-0.3, -0.25) is 13.9 Å². The molecule has 3 aromatic rings. The topological polar surface area (TPSA) is 124 Å². The minimum atomic E-state index is -4.47. The number of hydrogen-bond acceptors (Lipinski definition) is 8. The summed E-state index contributed by atoms with van der Waals surface area (Å²) < 4.78 is 51.1. The van der Waals surface area contributed by atoms with Crippen molar-refractivity contribution in [3.63, 3.8) is 0 Å². The highest BCUT2D eigenvalue weighted by atomic mass is 35.5. The van der Waals surface area contributed by atoms with E-state index in [1.807, 2.05) is 6.92 Å². The average molecular weight is 683 g/mol. The summed E-state index contributed by atoms with van der Waals surface area (Å²) in [5.41, 5.74) is 0.547. The van der Waals surface area contributed by atoms with Crippen LogP contribution in [0.25, 0.3) is 0 Å². The highest BCUT2D eigenvalue weighted by Crippen LogP contribution is 2.38. The van der Waals surface area contributed by atoms with Crippen LogP contribution in [0.2, 0.25) is 10.0 Å². The molecule has 0 aliphatic rings. The second-order valence-electron chi connectivity index (χ2n) is 9.79. The molecule has 2 amide bonds. The van der Waals surface area contributed by atoms with Gasteiger partial charge in [-0.25, -0.2) is 8.42 Å². The zero-order valence-corrected chi connectivity index (χ0v) is 28.3. The molecule has 11 nitrogen and oxygen atoms in total. The molecule has 1 atom stereocenters. The number of nitrogens with zero attached hydrogens (tertiary/aromatic N) is 2. The molecule has 3 rings (SSSR count). The van der Waals surface area contributed by atoms with Gasteiger partial charge in [-0.1, -0.05) is 36.2 Å². The minimum Gasteiger partial charge on any atom is -0.497 e. The van der Waals surface area contributed by atoms with E-state index in [4.69, 9.17) is 42.1 Å². The quantitative estimate of drug-likeness (QED) is 0.233. The third-order valence-electron chi connectivity index (χ3n) is 6.95. The van der Waals surface area contributed by atoms with Crippen LogP contribution in [0.1, 0.15) is 25.8 Å². The molecule has 0 aromatic heterocycles. The maximum Gasteiger partial charge on any atom is 0.265 e. The molecule has 14 heteroatoms. The fourth-order valence-corrected chi connectivity index (χ4v) is 6.32. The third-order valence-corrected chi connectivity index (χ3v) is 9.29. The highest BCUT2D eigenvalue weighted by Gasteiger charge is 2.35. The largest absolute Gasteiger partial charge is 0.497 e. The number of sulfonamides is 1. The Bertz CT molecular complexity index is 1620. The Morgan fingerprint density at radius 1 is 0.867 bits per heavy atom. The SMILES string of the molecule is CCCNC(=O)C(C)N(Cc1ccc(Cl)cc1Cl)C(=O)CN(c1cc(OC)ccc1OC)S(=O)(=O)c1ccc(OC)c(OC)c1. The van der Waals surface area contributed by atoms with E-state index >= 15 is 0 Å². The first-order valence-electron chi connectivity index (χ1n) is 13.9. The molecule has 0 saturated carbocycles. The molecule has 0 bridgehead atoms. The predicted molar refractivity (Wildman–Crippen MR) is 173 cm³/mol. The van der Waals surface area contributed by atoms with Crippen LogP contribution in [0, 0.1) is 0 Å². The summed E-state index contributed by atoms with van der Waals surface area (Å²) in [6.07, 6.45) is 0.683. The number of nitrogens with one attached hydrogen (secondary N) is 1. The van der Waals surface area contributed by atoms with Crippen molar-refractivity contribution in [3.05, 3.63) is 70.2 Å². The fourth-order valence-electron chi connectivity index (χ4n) is 4.42. The summed E-state index contributed by atoms with van der Waals surface area (Å²) in [7, 11) is 1.14. The van der Waals surface area contributed by atoms with Crippen molar-refractivity contribution in [2.24, 2.45) is 0 Å². The van der Waals surface area contributed by atoms with E-state index in [9.17, 15) is 18.0 Å². The predicted octanol–water partition coefficient (Wildman–Crippen LogP) is 5.17. The summed E-state index contributed by atoms with van der Waals surface area (Å²) >= 11 is 12.5. The number of halogens is 2. The number of carbonyl (C=O) groups excluding carboxylic acids is 2. The molecule has 1 N–H and O–H groups in total. The number of methoxy groups -OCH3 is 4. The van der Waals surface area contributed by atoms with Crippen LogP contribution in [0.4, 0.5) is 5.69 Å². The van der Waals surface area contributed by atoms with Crippen molar-refractivity contribution in [1.82, 2.24) is 10.2 Å². The second kappa shape index (κ2) is 15.9. The van der Waals surface area contributed by atoms with E-state index < -0.39 is 34.4 Å². The standard InChI is InChI=1S/C31H37Cl2N3O8S/c1-7-14-34-31(38)20(2)35(18-21-8-9-22(32)15-25(21)33)30(37)19-36(26-16-23(41-3)10-12-27(26)42-4)45(39,40)24-11-13-28(43-5)29(17-24)44-6/h8-13,15-17,20H,7,14,18-19H2,1-6H3,(H,34,38). The van der Waals surface area contributed by atoms with Crippen molar-refractivity contribution in [3.8, 4) is 23.0 Å². The first kappa shape index (κ1) is 35.6. The summed E-state index contributed by atoms with van der Waals surface area (Å²) in [6, 6.07) is 12.4. The molecule has 3 aromatic carbocycles. The van der Waals surface area contributed by atoms with Gasteiger partial charge in [-0.2, -0.15) is 0 Å². The summed E-state index contributed by atoms with van der Waals surface area (Å²) in [4.78, 5) is 28.4. The summed E-state index contributed by atoms with van der Waals surface area (Å²) in [6.45, 7) is 3.05. The van der Waals surface area contributed by atoms with Gasteiger partial charge in [-0.05, 0) is 55.3 Å². The van der Waals surface area contributed by atoms with Crippen molar-refractivity contribution >= 4 is 50.7 Å². The lowest BCUT2D eigenvalue weighted by atomic mass is 10.1. The normalized spacial score (nSPS) is 11.7. The average Bonchev–Trinajstić information content (AvgIpc) is 3.04. The van der Waals surface area contributed by atoms with E-state index in [2.05, 4.69) is 5.32 Å². The number of benzene rings is 3. The number of anilines is 1. The zero-order chi connectivity index (χ0) is 33.3. The van der Waals surface area contributed by atoms with Crippen LogP contribution in [0.3, 0.4) is 0 Å². The highest BCUT2D eigenvalue weighted by molar-refractivity contribution is 7.92. The van der Waals surface area contributed by atoms with Gasteiger partial charge in [0.25, 0.3) is 10.0 Å². The summed E-state index contributed by atoms with van der Waals surface area (Å²) in [5, 5.41) is 3.47. The van der Waals surface area contributed by atoms with Crippen LogP contribution in [0.5, 0.6) is 23.0 Å². The number of carbonyl (C=O) groups is 2. The number of rotatable bonds is 15. The third kappa shape index (κ3) is 8.44. The van der Waals surface area contributed by atoms with Crippen molar-refractivity contribution in [1.29, 1.82) is 0 Å². The Morgan fingerprint density at radius 3 is 2.13 bits per heavy atom. The zero-order valence-electron chi connectivity index (χ0n) is 25.9. The van der Waals surface area contributed by atoms with Gasteiger partial charge in [0.05, 0.1) is 39.0 Å². The van der Waals surface area contributed by atoms with Gasteiger partial charge in [0.15, 0.2) is 11.5 Å². The van der Waals surface area contributed by atoms with E-state index in [-0.39, 0.29) is 33.6 Å². The Labute approximate surface area is 274 Å². The van der Waals surface area contributed by atoms with Crippen LogP contribution >= 0.6 is 23.2 Å². The Hall–Kier alpha value is -3.87. The second-order valence-corrected chi connectivity index (χ2v) is 12.5. The monoisotopic (exact) mass is 681 g/mol. The molecule has 1 unspecified atom stereocenters. The first-order chi connectivity index (χ1) is 21.4. The van der Waals surface area contributed by atoms with Gasteiger partial charge in [0.2, 0.25) is 11.8 Å². The van der Waals surface area contributed by atoms with Crippen LogP contribution < -0.4 is 28.6 Å². The molecular weight excluding hydrogens is 645 g/mol. The fraction of sp³-hybridized carbons (Fsp3) is 0.355. The molecule has 0 saturated heterocycles. The van der Waals surface area contributed by atoms with Crippen LogP contribution in [-0.4, -0.2) is 72.7 Å². The van der Waals surface area contributed by atoms with Gasteiger partial charge < -0.3 is 29.2 Å². The number of ether oxygens (including phenoxy) is 4. The molecule has 0 aliphatic heterocycles. The van der Waals surface area contributed by atoms with Crippen molar-refractivity contribution in [2.45, 2.75) is 37.8 Å².